The number of likely N-dealkylation sites (tertiary alicyclic amines) is 1. The summed E-state index contributed by atoms with van der Waals surface area (Å²) in [6.45, 7) is 0.904. The summed E-state index contributed by atoms with van der Waals surface area (Å²) in [6.07, 6.45) is 5.27. The summed E-state index contributed by atoms with van der Waals surface area (Å²) in [5, 5.41) is 9.76. The summed E-state index contributed by atoms with van der Waals surface area (Å²) in [5.41, 5.74) is 2.98. The molecule has 120 valence electrons. The van der Waals surface area contributed by atoms with Crippen LogP contribution in [0.5, 0.6) is 5.75 Å². The number of rotatable bonds is 1. The number of ketones is 1. The molecule has 2 unspecified atom stereocenters. The second kappa shape index (κ2) is 4.47. The summed E-state index contributed by atoms with van der Waals surface area (Å²) in [5.74, 6) is 1.13. The molecule has 0 aromatic heterocycles. The van der Waals surface area contributed by atoms with Crippen LogP contribution in [-0.4, -0.2) is 41.5 Å². The molecule has 5 rings (SSSR count). The predicted octanol–water partition coefficient (Wildman–Crippen LogP) is 1.96. The SMILES string of the molecule is CN1CC[C@@]23c4c5c(Br)cc(CO)c4O[C@@H]2C(=O)C=CC3C1C5. The van der Waals surface area contributed by atoms with Gasteiger partial charge in [0.2, 0.25) is 0 Å². The van der Waals surface area contributed by atoms with Gasteiger partial charge in [-0.1, -0.05) is 22.0 Å². The highest BCUT2D eigenvalue weighted by atomic mass is 79.9. The molecule has 23 heavy (non-hydrogen) atoms. The van der Waals surface area contributed by atoms with Crippen LogP contribution in [0.25, 0.3) is 0 Å². The normalized spacial score (nSPS) is 36.8. The Bertz CT molecular complexity index is 774. The van der Waals surface area contributed by atoms with Crippen molar-refractivity contribution in [1.82, 2.24) is 4.90 Å². The minimum absolute atomic E-state index is 0.0635. The number of piperidine rings is 1. The fourth-order valence-electron chi connectivity index (χ4n) is 5.32. The molecule has 0 amide bonds. The quantitative estimate of drug-likeness (QED) is 0.814. The van der Waals surface area contributed by atoms with Crippen molar-refractivity contribution < 1.29 is 14.6 Å². The van der Waals surface area contributed by atoms with E-state index in [2.05, 4.69) is 34.0 Å². The number of halogens is 1. The average Bonchev–Trinajstić information content (AvgIpc) is 2.89. The van der Waals surface area contributed by atoms with Crippen LogP contribution in [0.15, 0.2) is 22.7 Å². The summed E-state index contributed by atoms with van der Waals surface area (Å²) >= 11 is 3.69. The minimum Gasteiger partial charge on any atom is -0.481 e. The number of carbonyl (C=O) groups excluding carboxylic acids is 1. The Balaban J connectivity index is 1.87. The Morgan fingerprint density at radius 2 is 2.35 bits per heavy atom. The van der Waals surface area contributed by atoms with Crippen LogP contribution in [0, 0.1) is 5.92 Å². The topological polar surface area (TPSA) is 49.8 Å². The van der Waals surface area contributed by atoms with Gasteiger partial charge in [-0.15, -0.1) is 0 Å². The molecule has 2 heterocycles. The molecule has 1 aromatic carbocycles. The number of likely N-dealkylation sites (N-methyl/N-ethyl adjacent to an activating group) is 1. The van der Waals surface area contributed by atoms with Gasteiger partial charge < -0.3 is 14.7 Å². The molecule has 4 atom stereocenters. The van der Waals surface area contributed by atoms with Gasteiger partial charge in [0.15, 0.2) is 11.9 Å². The van der Waals surface area contributed by atoms with Crippen LogP contribution < -0.4 is 4.74 Å². The van der Waals surface area contributed by atoms with Crippen LogP contribution >= 0.6 is 15.9 Å². The number of hydrogen-bond donors (Lipinski definition) is 1. The number of benzene rings is 1. The Morgan fingerprint density at radius 1 is 1.52 bits per heavy atom. The van der Waals surface area contributed by atoms with Crippen LogP contribution in [0.4, 0.5) is 0 Å². The molecular formula is C18H18BrNO3. The van der Waals surface area contributed by atoms with E-state index in [1.54, 1.807) is 6.08 Å². The van der Waals surface area contributed by atoms with Crippen LogP contribution in [0.2, 0.25) is 0 Å². The second-order valence-corrected chi connectivity index (χ2v) is 8.04. The maximum absolute atomic E-state index is 12.6. The van der Waals surface area contributed by atoms with Crippen molar-refractivity contribution in [3.63, 3.8) is 0 Å². The third-order valence-corrected chi connectivity index (χ3v) is 7.05. The Hall–Kier alpha value is -1.17. The number of nitrogens with zero attached hydrogens (tertiary/aromatic N) is 1. The van der Waals surface area contributed by atoms with Gasteiger partial charge in [-0.25, -0.2) is 0 Å². The van der Waals surface area contributed by atoms with Gasteiger partial charge in [0.1, 0.15) is 5.75 Å². The Morgan fingerprint density at radius 3 is 3.13 bits per heavy atom. The zero-order valence-corrected chi connectivity index (χ0v) is 14.5. The van der Waals surface area contributed by atoms with Crippen molar-refractivity contribution in [2.45, 2.75) is 37.0 Å². The fraction of sp³-hybridized carbons (Fsp3) is 0.500. The second-order valence-electron chi connectivity index (χ2n) is 7.19. The third-order valence-electron chi connectivity index (χ3n) is 6.34. The third kappa shape index (κ3) is 1.51. The molecule has 1 aromatic rings. The average molecular weight is 376 g/mol. The zero-order valence-electron chi connectivity index (χ0n) is 12.9. The molecule has 0 radical (unpaired) electrons. The minimum atomic E-state index is -0.428. The van der Waals surface area contributed by atoms with E-state index >= 15 is 0 Å². The van der Waals surface area contributed by atoms with E-state index in [1.807, 2.05) is 6.07 Å². The van der Waals surface area contributed by atoms with Crippen molar-refractivity contribution >= 4 is 21.7 Å². The van der Waals surface area contributed by atoms with Crippen LogP contribution in [0.1, 0.15) is 23.1 Å². The van der Waals surface area contributed by atoms with E-state index in [-0.39, 0.29) is 17.8 Å². The maximum Gasteiger partial charge on any atom is 0.196 e. The van der Waals surface area contributed by atoms with Gasteiger partial charge in [0, 0.05) is 27.6 Å². The van der Waals surface area contributed by atoms with E-state index in [1.165, 1.54) is 11.1 Å². The summed E-state index contributed by atoms with van der Waals surface area (Å²) in [4.78, 5) is 15.0. The van der Waals surface area contributed by atoms with E-state index in [4.69, 9.17) is 4.74 Å². The summed E-state index contributed by atoms with van der Waals surface area (Å²) in [7, 11) is 2.18. The number of ether oxygens (including phenoxy) is 1. The highest BCUT2D eigenvalue weighted by molar-refractivity contribution is 9.10. The molecular weight excluding hydrogens is 358 g/mol. The molecule has 4 nitrogen and oxygen atoms in total. The molecule has 2 aliphatic carbocycles. The predicted molar refractivity (Wildman–Crippen MR) is 88.5 cm³/mol. The molecule has 1 N–H and O–H groups in total. The van der Waals surface area contributed by atoms with E-state index in [9.17, 15) is 9.90 Å². The first-order valence-electron chi connectivity index (χ1n) is 8.12. The van der Waals surface area contributed by atoms with Gasteiger partial charge in [-0.2, -0.15) is 0 Å². The lowest BCUT2D eigenvalue weighted by atomic mass is 9.53. The largest absolute Gasteiger partial charge is 0.481 e. The molecule has 2 aliphatic heterocycles. The smallest absolute Gasteiger partial charge is 0.196 e. The fourth-order valence-corrected chi connectivity index (χ4v) is 5.96. The Labute approximate surface area is 143 Å². The van der Waals surface area contributed by atoms with Crippen LogP contribution in [0.3, 0.4) is 0 Å². The molecule has 5 heteroatoms. The van der Waals surface area contributed by atoms with Crippen LogP contribution in [-0.2, 0) is 23.2 Å². The lowest BCUT2D eigenvalue weighted by Gasteiger charge is -2.55. The maximum atomic E-state index is 12.6. The summed E-state index contributed by atoms with van der Waals surface area (Å²) < 4.78 is 7.24. The van der Waals surface area contributed by atoms with Gasteiger partial charge in [-0.3, -0.25) is 4.79 Å². The standard InChI is InChI=1S/C18H18BrNO3/c1-20-5-4-18-11-2-3-14(22)17(18)23-16-9(8-21)6-12(19)10(15(16)18)7-13(11)20/h2-3,6,11,13,17,21H,4-5,7-8H2,1H3/t11?,13?,17-,18-/m1/s1. The van der Waals surface area contributed by atoms with Gasteiger partial charge >= 0.3 is 0 Å². The molecule has 1 spiro atoms. The van der Waals surface area contributed by atoms with Crippen molar-refractivity contribution in [3.8, 4) is 5.75 Å². The summed E-state index contributed by atoms with van der Waals surface area (Å²) in [6, 6.07) is 2.35. The van der Waals surface area contributed by atoms with E-state index in [0.29, 0.717) is 12.0 Å². The molecule has 0 saturated carbocycles. The van der Waals surface area contributed by atoms with Crippen molar-refractivity contribution in [2.24, 2.45) is 5.92 Å². The molecule has 1 fully saturated rings. The monoisotopic (exact) mass is 375 g/mol. The first-order chi connectivity index (χ1) is 11.1. The number of hydrogen-bond acceptors (Lipinski definition) is 4. The van der Waals surface area contributed by atoms with Gasteiger partial charge in [0.05, 0.1) is 12.0 Å². The highest BCUT2D eigenvalue weighted by Crippen LogP contribution is 2.61. The van der Waals surface area contributed by atoms with Crippen molar-refractivity contribution in [3.05, 3.63) is 39.4 Å². The first kappa shape index (κ1) is 14.2. The van der Waals surface area contributed by atoms with E-state index in [0.717, 1.165) is 35.2 Å². The Kier molecular flexibility index (Phi) is 2.76. The lowest BCUT2D eigenvalue weighted by molar-refractivity contribution is -0.127. The number of aliphatic hydroxyl groups is 1. The molecule has 1 saturated heterocycles. The van der Waals surface area contributed by atoms with E-state index < -0.39 is 6.10 Å². The lowest BCUT2D eigenvalue weighted by Crippen LogP contribution is -2.64. The first-order valence-corrected chi connectivity index (χ1v) is 8.91. The van der Waals surface area contributed by atoms with Crippen molar-refractivity contribution in [1.29, 1.82) is 0 Å². The van der Waals surface area contributed by atoms with Gasteiger partial charge in [-0.05, 0) is 44.1 Å². The van der Waals surface area contributed by atoms with Crippen molar-refractivity contribution in [2.75, 3.05) is 13.6 Å². The highest BCUT2D eigenvalue weighted by Gasteiger charge is 2.64. The van der Waals surface area contributed by atoms with Gasteiger partial charge in [0.25, 0.3) is 0 Å². The number of aliphatic hydroxyl groups excluding tert-OH is 1. The molecule has 4 aliphatic rings. The molecule has 2 bridgehead atoms. The zero-order chi connectivity index (χ0) is 15.9. The number of carbonyl (C=O) groups is 1.